The molecule has 0 saturated carbocycles. The molecule has 2 N–H and O–H groups in total. The van der Waals surface area contributed by atoms with Crippen molar-refractivity contribution in [3.8, 4) is 11.1 Å². The van der Waals surface area contributed by atoms with Gasteiger partial charge < -0.3 is 15.4 Å². The third-order valence-corrected chi connectivity index (χ3v) is 5.55. The van der Waals surface area contributed by atoms with Crippen molar-refractivity contribution in [3.63, 3.8) is 0 Å². The summed E-state index contributed by atoms with van der Waals surface area (Å²) in [5.74, 6) is 1.74. The monoisotopic (exact) mass is 430 g/mol. The Bertz CT molecular complexity index is 1250. The molecular formula is C23H26N8O. The summed E-state index contributed by atoms with van der Waals surface area (Å²) in [5.41, 5.74) is 5.60. The molecule has 0 unspecified atom stereocenters. The zero-order chi connectivity index (χ0) is 22.1. The van der Waals surface area contributed by atoms with Crippen LogP contribution < -0.4 is 10.6 Å². The van der Waals surface area contributed by atoms with Crippen molar-refractivity contribution in [3.05, 3.63) is 54.1 Å². The molecule has 164 valence electrons. The van der Waals surface area contributed by atoms with E-state index in [0.29, 0.717) is 24.2 Å². The van der Waals surface area contributed by atoms with Crippen LogP contribution >= 0.6 is 0 Å². The fraction of sp³-hybridized carbons (Fsp3) is 0.348. The summed E-state index contributed by atoms with van der Waals surface area (Å²) in [5, 5.41) is 19.3. The van der Waals surface area contributed by atoms with E-state index in [1.807, 2.05) is 48.4 Å². The highest BCUT2D eigenvalue weighted by Gasteiger charge is 2.19. The number of hydrogen-bond acceptors (Lipinski definition) is 8. The van der Waals surface area contributed by atoms with Crippen LogP contribution in [-0.2, 0) is 18.4 Å². The van der Waals surface area contributed by atoms with Gasteiger partial charge in [-0.1, -0.05) is 13.8 Å². The Balaban J connectivity index is 1.42. The summed E-state index contributed by atoms with van der Waals surface area (Å²) in [6.45, 7) is 6.51. The van der Waals surface area contributed by atoms with E-state index in [1.54, 1.807) is 6.20 Å². The second-order valence-corrected chi connectivity index (χ2v) is 8.37. The van der Waals surface area contributed by atoms with Gasteiger partial charge in [-0.15, -0.1) is 5.10 Å². The summed E-state index contributed by atoms with van der Waals surface area (Å²) >= 11 is 0. The molecule has 5 heterocycles. The van der Waals surface area contributed by atoms with Gasteiger partial charge >= 0.3 is 0 Å². The number of nitrogens with zero attached hydrogens (tertiary/aromatic N) is 6. The molecule has 0 amide bonds. The summed E-state index contributed by atoms with van der Waals surface area (Å²) in [6, 6.07) is 7.88. The lowest BCUT2D eigenvalue weighted by molar-refractivity contribution is 0.00608. The molecule has 9 heteroatoms. The molecule has 1 aliphatic heterocycles. The van der Waals surface area contributed by atoms with E-state index in [1.165, 1.54) is 0 Å². The Morgan fingerprint density at radius 3 is 2.81 bits per heavy atom. The van der Waals surface area contributed by atoms with Crippen LogP contribution in [-0.4, -0.2) is 49.1 Å². The van der Waals surface area contributed by atoms with Crippen molar-refractivity contribution < 1.29 is 4.74 Å². The zero-order valence-corrected chi connectivity index (χ0v) is 18.4. The van der Waals surface area contributed by atoms with Gasteiger partial charge in [-0.25, -0.2) is 4.98 Å². The molecule has 0 aliphatic carbocycles. The molecule has 0 spiro atoms. The Morgan fingerprint density at radius 2 is 2.03 bits per heavy atom. The normalized spacial score (nSPS) is 14.1. The first kappa shape index (κ1) is 20.5. The zero-order valence-electron chi connectivity index (χ0n) is 18.4. The van der Waals surface area contributed by atoms with Crippen LogP contribution in [0.5, 0.6) is 0 Å². The summed E-state index contributed by atoms with van der Waals surface area (Å²) in [4.78, 5) is 9.37. The van der Waals surface area contributed by atoms with E-state index in [0.717, 1.165) is 46.5 Å². The van der Waals surface area contributed by atoms with Crippen LogP contribution in [0.2, 0.25) is 0 Å². The van der Waals surface area contributed by atoms with Gasteiger partial charge in [-0.05, 0) is 35.7 Å². The van der Waals surface area contributed by atoms with Crippen molar-refractivity contribution in [2.24, 2.45) is 7.05 Å². The Hall–Kier alpha value is -3.43. The third kappa shape index (κ3) is 4.30. The van der Waals surface area contributed by atoms with Gasteiger partial charge in [0.05, 0.1) is 35.6 Å². The number of aryl methyl sites for hydroxylation is 1. The molecule has 0 aromatic carbocycles. The molecule has 4 aromatic heterocycles. The fourth-order valence-corrected chi connectivity index (χ4v) is 3.57. The smallest absolute Gasteiger partial charge is 0.154 e. The third-order valence-electron chi connectivity index (χ3n) is 5.55. The highest BCUT2D eigenvalue weighted by molar-refractivity contribution is 5.82. The van der Waals surface area contributed by atoms with Crippen LogP contribution in [0.3, 0.4) is 0 Å². The number of hydrogen-bond donors (Lipinski definition) is 2. The second kappa shape index (κ2) is 8.60. The van der Waals surface area contributed by atoms with E-state index in [2.05, 4.69) is 44.8 Å². The van der Waals surface area contributed by atoms with Crippen LogP contribution in [0.25, 0.3) is 22.2 Å². The summed E-state index contributed by atoms with van der Waals surface area (Å²) in [6.07, 6.45) is 5.90. The second-order valence-electron chi connectivity index (χ2n) is 8.37. The van der Waals surface area contributed by atoms with Gasteiger partial charge in [0.1, 0.15) is 5.82 Å². The number of rotatable bonds is 7. The summed E-state index contributed by atoms with van der Waals surface area (Å²) in [7, 11) is 1.92. The van der Waals surface area contributed by atoms with Crippen LogP contribution in [0.1, 0.15) is 31.0 Å². The van der Waals surface area contributed by atoms with E-state index < -0.39 is 0 Å². The molecule has 9 nitrogen and oxygen atoms in total. The number of nitrogens with one attached hydrogen (secondary N) is 2. The molecule has 5 rings (SSSR count). The van der Waals surface area contributed by atoms with Gasteiger partial charge in [-0.3, -0.25) is 9.67 Å². The molecule has 0 atom stereocenters. The van der Waals surface area contributed by atoms with Crippen molar-refractivity contribution in [2.75, 3.05) is 18.4 Å². The minimum Gasteiger partial charge on any atom is -0.369 e. The van der Waals surface area contributed by atoms with Crippen molar-refractivity contribution in [1.82, 2.24) is 35.3 Å². The van der Waals surface area contributed by atoms with Crippen molar-refractivity contribution in [2.45, 2.75) is 32.5 Å². The maximum absolute atomic E-state index is 5.94. The van der Waals surface area contributed by atoms with Gasteiger partial charge in [0, 0.05) is 43.7 Å². The lowest BCUT2D eigenvalue weighted by Gasteiger charge is -2.26. The Kier molecular flexibility index (Phi) is 5.50. The minimum absolute atomic E-state index is 0.257. The molecule has 0 bridgehead atoms. The average Bonchev–Trinajstić information content (AvgIpc) is 3.13. The lowest BCUT2D eigenvalue weighted by atomic mass is 10.1. The number of pyridine rings is 2. The molecule has 4 aromatic rings. The van der Waals surface area contributed by atoms with Crippen molar-refractivity contribution in [1.29, 1.82) is 0 Å². The molecular weight excluding hydrogens is 404 g/mol. The van der Waals surface area contributed by atoms with E-state index in [9.17, 15) is 0 Å². The maximum Gasteiger partial charge on any atom is 0.154 e. The van der Waals surface area contributed by atoms with Crippen LogP contribution in [0.4, 0.5) is 11.6 Å². The van der Waals surface area contributed by atoms with E-state index >= 15 is 0 Å². The predicted molar refractivity (Wildman–Crippen MR) is 123 cm³/mol. The molecule has 0 radical (unpaired) electrons. The topological polar surface area (TPSA) is 103 Å². The molecule has 1 aliphatic rings. The van der Waals surface area contributed by atoms with Crippen LogP contribution in [0.15, 0.2) is 42.9 Å². The quantitative estimate of drug-likeness (QED) is 0.461. The van der Waals surface area contributed by atoms with Gasteiger partial charge in [0.25, 0.3) is 0 Å². The molecule has 1 fully saturated rings. The predicted octanol–water partition coefficient (Wildman–Crippen LogP) is 3.18. The minimum atomic E-state index is 0.257. The van der Waals surface area contributed by atoms with Gasteiger partial charge in [0.15, 0.2) is 5.82 Å². The molecule has 1 saturated heterocycles. The average molecular weight is 431 g/mol. The van der Waals surface area contributed by atoms with Crippen LogP contribution in [0, 0.1) is 0 Å². The molecule has 32 heavy (non-hydrogen) atoms. The Labute approximate surface area is 186 Å². The maximum atomic E-state index is 5.94. The van der Waals surface area contributed by atoms with Crippen molar-refractivity contribution >= 4 is 22.7 Å². The first-order valence-electron chi connectivity index (χ1n) is 10.8. The first-order chi connectivity index (χ1) is 15.5. The standard InChI is InChI=1S/C23H26N8O/c1-14(2)15-7-23(29-26-9-15)28-22-5-4-19-20(27-22)6-16(8-25-19)18-12-31(3)30-21(18)13-32-17-10-24-11-17/h4-9,12,14,17,24H,10-11,13H2,1-3H3,(H,27,28,29). The SMILES string of the molecule is CC(C)c1cnnc(Nc2ccc3ncc(-c4cn(C)nc4COC4CNC4)cc3n2)c1. The largest absolute Gasteiger partial charge is 0.369 e. The number of anilines is 2. The summed E-state index contributed by atoms with van der Waals surface area (Å²) < 4.78 is 7.75. The van der Waals surface area contributed by atoms with E-state index in [4.69, 9.17) is 9.72 Å². The van der Waals surface area contributed by atoms with Gasteiger partial charge in [-0.2, -0.15) is 10.2 Å². The first-order valence-corrected chi connectivity index (χ1v) is 10.8. The Morgan fingerprint density at radius 1 is 1.16 bits per heavy atom. The highest BCUT2D eigenvalue weighted by atomic mass is 16.5. The van der Waals surface area contributed by atoms with E-state index in [-0.39, 0.29) is 6.10 Å². The number of fused-ring (bicyclic) bond motifs is 1. The lowest BCUT2D eigenvalue weighted by Crippen LogP contribution is -2.48. The number of aromatic nitrogens is 6. The highest BCUT2D eigenvalue weighted by Crippen LogP contribution is 2.27. The number of ether oxygens (including phenoxy) is 1. The fourth-order valence-electron chi connectivity index (χ4n) is 3.57. The van der Waals surface area contributed by atoms with Gasteiger partial charge in [0.2, 0.25) is 0 Å².